The zero-order valence-corrected chi connectivity index (χ0v) is 12.4. The number of aliphatic hydroxyl groups excluding tert-OH is 1. The van der Waals surface area contributed by atoms with Gasteiger partial charge in [0, 0.05) is 6.07 Å². The molecule has 0 spiro atoms. The van der Waals surface area contributed by atoms with Gasteiger partial charge in [0.15, 0.2) is 0 Å². The topological polar surface area (TPSA) is 53.2 Å². The van der Waals surface area contributed by atoms with Gasteiger partial charge in [-0.05, 0) is 39.7 Å². The van der Waals surface area contributed by atoms with Gasteiger partial charge < -0.3 is 9.84 Å². The van der Waals surface area contributed by atoms with Crippen molar-refractivity contribution in [1.82, 2.24) is 0 Å². The number of aliphatic hydroxyl groups is 1. The summed E-state index contributed by atoms with van der Waals surface area (Å²) in [5.74, 6) is -0.136. The molecule has 1 N–H and O–H groups in total. The number of ether oxygens (including phenoxy) is 1. The van der Waals surface area contributed by atoms with Gasteiger partial charge >= 0.3 is 0 Å². The molecular formula is C14H8BrClFNO2. The van der Waals surface area contributed by atoms with Crippen LogP contribution in [0.15, 0.2) is 34.8 Å². The molecule has 2 rings (SSSR count). The van der Waals surface area contributed by atoms with Crippen molar-refractivity contribution in [2.75, 3.05) is 0 Å². The van der Waals surface area contributed by atoms with Crippen LogP contribution >= 0.6 is 27.5 Å². The average molecular weight is 357 g/mol. The van der Waals surface area contributed by atoms with Crippen molar-refractivity contribution >= 4 is 27.5 Å². The molecule has 102 valence electrons. The first-order valence-corrected chi connectivity index (χ1v) is 6.68. The number of hydrogen-bond acceptors (Lipinski definition) is 3. The molecule has 0 aliphatic carbocycles. The maximum atomic E-state index is 13.4. The van der Waals surface area contributed by atoms with Crippen LogP contribution in [0.25, 0.3) is 0 Å². The summed E-state index contributed by atoms with van der Waals surface area (Å²) in [6, 6.07) is 9.15. The number of benzene rings is 2. The summed E-state index contributed by atoms with van der Waals surface area (Å²) in [6.45, 7) is -0.172. The van der Waals surface area contributed by atoms with Gasteiger partial charge in [-0.3, -0.25) is 0 Å². The third kappa shape index (κ3) is 3.10. The second-order valence-corrected chi connectivity index (χ2v) is 5.16. The lowest BCUT2D eigenvalue weighted by Crippen LogP contribution is -1.93. The Balaban J connectivity index is 2.40. The van der Waals surface area contributed by atoms with Crippen LogP contribution in [0.3, 0.4) is 0 Å². The van der Waals surface area contributed by atoms with Gasteiger partial charge in [0.25, 0.3) is 0 Å². The molecule has 3 nitrogen and oxygen atoms in total. The van der Waals surface area contributed by atoms with Crippen molar-refractivity contribution in [3.05, 3.63) is 56.8 Å². The number of nitriles is 1. The Kier molecular flexibility index (Phi) is 4.61. The van der Waals surface area contributed by atoms with Crippen molar-refractivity contribution in [3.63, 3.8) is 0 Å². The molecule has 0 unspecified atom stereocenters. The van der Waals surface area contributed by atoms with E-state index < -0.39 is 5.82 Å². The van der Waals surface area contributed by atoms with E-state index in [1.807, 2.05) is 6.07 Å². The molecule has 2 aromatic rings. The van der Waals surface area contributed by atoms with Gasteiger partial charge in [0.1, 0.15) is 23.4 Å². The second-order valence-electron chi connectivity index (χ2n) is 3.90. The molecule has 0 aliphatic heterocycles. The fourth-order valence-corrected chi connectivity index (χ4v) is 2.27. The third-order valence-electron chi connectivity index (χ3n) is 2.54. The van der Waals surface area contributed by atoms with Crippen molar-refractivity contribution in [3.8, 4) is 17.6 Å². The molecule has 0 atom stereocenters. The summed E-state index contributed by atoms with van der Waals surface area (Å²) in [4.78, 5) is 0. The summed E-state index contributed by atoms with van der Waals surface area (Å²) >= 11 is 8.86. The quantitative estimate of drug-likeness (QED) is 0.829. The first-order chi connectivity index (χ1) is 9.55. The second kappa shape index (κ2) is 6.23. The van der Waals surface area contributed by atoms with Crippen LogP contribution < -0.4 is 4.74 Å². The van der Waals surface area contributed by atoms with Crippen LogP contribution in [-0.4, -0.2) is 5.11 Å². The van der Waals surface area contributed by atoms with E-state index in [2.05, 4.69) is 15.9 Å². The Labute approximate surface area is 128 Å². The molecule has 6 heteroatoms. The van der Waals surface area contributed by atoms with Gasteiger partial charge in [-0.1, -0.05) is 17.7 Å². The number of rotatable bonds is 3. The highest BCUT2D eigenvalue weighted by Crippen LogP contribution is 2.35. The molecular weight excluding hydrogens is 349 g/mol. The number of halogens is 3. The van der Waals surface area contributed by atoms with Crippen LogP contribution in [0.2, 0.25) is 5.02 Å². The predicted octanol–water partition coefficient (Wildman–Crippen LogP) is 4.40. The van der Waals surface area contributed by atoms with Crippen LogP contribution in [0.5, 0.6) is 11.5 Å². The minimum atomic E-state index is -0.615. The van der Waals surface area contributed by atoms with E-state index in [9.17, 15) is 4.39 Å². The van der Waals surface area contributed by atoms with Crippen molar-refractivity contribution in [2.45, 2.75) is 6.61 Å². The maximum Gasteiger partial charge on any atom is 0.145 e. The smallest absolute Gasteiger partial charge is 0.145 e. The molecule has 0 saturated heterocycles. The lowest BCUT2D eigenvalue weighted by molar-refractivity contribution is 0.281. The van der Waals surface area contributed by atoms with Crippen LogP contribution in [0, 0.1) is 17.1 Å². The molecule has 0 amide bonds. The van der Waals surface area contributed by atoms with Crippen molar-refractivity contribution in [1.29, 1.82) is 5.26 Å². The van der Waals surface area contributed by atoms with E-state index in [0.29, 0.717) is 10.0 Å². The Bertz CT molecular complexity index is 700. The zero-order valence-electron chi connectivity index (χ0n) is 10.0. The summed E-state index contributed by atoms with van der Waals surface area (Å²) < 4.78 is 19.4. The third-order valence-corrected chi connectivity index (χ3v) is 3.45. The molecule has 0 saturated carbocycles. The van der Waals surface area contributed by atoms with E-state index in [0.717, 1.165) is 6.07 Å². The van der Waals surface area contributed by atoms with E-state index in [1.54, 1.807) is 12.1 Å². The monoisotopic (exact) mass is 355 g/mol. The molecule has 0 aliphatic rings. The predicted molar refractivity (Wildman–Crippen MR) is 76.3 cm³/mol. The largest absolute Gasteiger partial charge is 0.455 e. The van der Waals surface area contributed by atoms with Crippen molar-refractivity contribution < 1.29 is 14.2 Å². The Morgan fingerprint density at radius 3 is 2.70 bits per heavy atom. The first-order valence-electron chi connectivity index (χ1n) is 5.51. The van der Waals surface area contributed by atoms with E-state index in [-0.39, 0.29) is 28.7 Å². The molecule has 0 heterocycles. The molecule has 0 aromatic heterocycles. The zero-order chi connectivity index (χ0) is 14.7. The Morgan fingerprint density at radius 1 is 1.30 bits per heavy atom. The highest BCUT2D eigenvalue weighted by molar-refractivity contribution is 9.10. The van der Waals surface area contributed by atoms with Gasteiger partial charge in [-0.25, -0.2) is 4.39 Å². The number of nitrogens with zero attached hydrogens (tertiary/aromatic N) is 1. The van der Waals surface area contributed by atoms with E-state index in [1.165, 1.54) is 12.1 Å². The summed E-state index contributed by atoms with van der Waals surface area (Å²) in [5.41, 5.74) is 0.842. The summed E-state index contributed by atoms with van der Waals surface area (Å²) in [5, 5.41) is 18.1. The maximum absolute atomic E-state index is 13.4. The number of hydrogen-bond donors (Lipinski definition) is 1. The Morgan fingerprint density at radius 2 is 2.05 bits per heavy atom. The molecule has 0 radical (unpaired) electrons. The molecule has 0 bridgehead atoms. The van der Waals surface area contributed by atoms with Crippen LogP contribution in [-0.2, 0) is 6.61 Å². The van der Waals surface area contributed by atoms with Crippen molar-refractivity contribution in [2.24, 2.45) is 0 Å². The molecule has 0 fully saturated rings. The van der Waals surface area contributed by atoms with E-state index in [4.69, 9.17) is 26.7 Å². The normalized spacial score (nSPS) is 10.2. The minimum absolute atomic E-state index is 0.0274. The average Bonchev–Trinajstić information content (AvgIpc) is 2.45. The van der Waals surface area contributed by atoms with Gasteiger partial charge in [0.05, 0.1) is 21.7 Å². The first kappa shape index (κ1) is 14.8. The van der Waals surface area contributed by atoms with Crippen LogP contribution in [0.4, 0.5) is 4.39 Å². The van der Waals surface area contributed by atoms with Gasteiger partial charge in [0.2, 0.25) is 0 Å². The summed E-state index contributed by atoms with van der Waals surface area (Å²) in [7, 11) is 0. The molecule has 2 aromatic carbocycles. The highest BCUT2D eigenvalue weighted by Gasteiger charge is 2.11. The lowest BCUT2D eigenvalue weighted by atomic mass is 10.1. The fraction of sp³-hybridized carbons (Fsp3) is 0.0714. The Hall–Kier alpha value is -1.61. The fourth-order valence-electron chi connectivity index (χ4n) is 1.55. The highest BCUT2D eigenvalue weighted by atomic mass is 79.9. The van der Waals surface area contributed by atoms with E-state index >= 15 is 0 Å². The summed E-state index contributed by atoms with van der Waals surface area (Å²) in [6.07, 6.45) is 0. The standard InChI is InChI=1S/C14H8BrClFNO2/c15-10-4-11(16)12(17)5-14(10)20-13-2-1-8(7-19)3-9(13)6-18/h1-5,19H,7H2. The molecule has 20 heavy (non-hydrogen) atoms. The van der Waals surface area contributed by atoms with Crippen LogP contribution in [0.1, 0.15) is 11.1 Å². The minimum Gasteiger partial charge on any atom is -0.455 e. The lowest BCUT2D eigenvalue weighted by Gasteiger charge is -2.10. The van der Waals surface area contributed by atoms with Gasteiger partial charge in [-0.15, -0.1) is 0 Å². The van der Waals surface area contributed by atoms with Gasteiger partial charge in [-0.2, -0.15) is 5.26 Å². The SMILES string of the molecule is N#Cc1cc(CO)ccc1Oc1cc(F)c(Cl)cc1Br.